The molecule has 104 valence electrons. The highest BCUT2D eigenvalue weighted by Crippen LogP contribution is 2.24. The Bertz CT molecular complexity index is 831. The van der Waals surface area contributed by atoms with Gasteiger partial charge in [0.25, 0.3) is 5.91 Å². The largest absolute Gasteiger partial charge is 0.497 e. The number of benzene rings is 2. The van der Waals surface area contributed by atoms with Gasteiger partial charge in [0.05, 0.1) is 30.1 Å². The van der Waals surface area contributed by atoms with Crippen LogP contribution in [0.1, 0.15) is 10.4 Å². The molecule has 0 unspecified atom stereocenters. The molecular formula is C16H13N3O2. The topological polar surface area (TPSA) is 78.1 Å². The number of fused-ring (bicyclic) bond motifs is 1. The van der Waals surface area contributed by atoms with E-state index in [0.717, 1.165) is 11.3 Å². The Kier molecular flexibility index (Phi) is 3.23. The minimum atomic E-state index is -0.516. The summed E-state index contributed by atoms with van der Waals surface area (Å²) < 4.78 is 5.20. The SMILES string of the molecule is COc1cccc(-c2cnc3cccc(C(N)=O)c3n2)c1. The lowest BCUT2D eigenvalue weighted by atomic mass is 10.1. The van der Waals surface area contributed by atoms with Crippen molar-refractivity contribution in [3.05, 3.63) is 54.2 Å². The van der Waals surface area contributed by atoms with Gasteiger partial charge in [0, 0.05) is 5.56 Å². The maximum Gasteiger partial charge on any atom is 0.250 e. The van der Waals surface area contributed by atoms with Crippen LogP contribution in [0.25, 0.3) is 22.3 Å². The van der Waals surface area contributed by atoms with Crippen LogP contribution in [0.4, 0.5) is 0 Å². The van der Waals surface area contributed by atoms with Gasteiger partial charge in [-0.15, -0.1) is 0 Å². The average molecular weight is 279 g/mol. The lowest BCUT2D eigenvalue weighted by Gasteiger charge is -2.06. The molecule has 0 spiro atoms. The summed E-state index contributed by atoms with van der Waals surface area (Å²) in [7, 11) is 1.61. The molecule has 5 heteroatoms. The van der Waals surface area contributed by atoms with Gasteiger partial charge in [0.2, 0.25) is 0 Å². The molecule has 3 rings (SSSR count). The standard InChI is InChI=1S/C16H13N3O2/c1-21-11-5-2-4-10(8-11)14-9-18-13-7-3-6-12(16(17)20)15(13)19-14/h2-9H,1H3,(H2,17,20). The summed E-state index contributed by atoms with van der Waals surface area (Å²) in [5, 5.41) is 0. The zero-order chi connectivity index (χ0) is 14.8. The number of para-hydroxylation sites is 1. The molecule has 2 aromatic carbocycles. The number of carbonyl (C=O) groups excluding carboxylic acids is 1. The number of hydrogen-bond donors (Lipinski definition) is 1. The molecule has 0 saturated carbocycles. The Morgan fingerprint density at radius 3 is 2.76 bits per heavy atom. The Labute approximate surface area is 121 Å². The van der Waals surface area contributed by atoms with Gasteiger partial charge in [-0.1, -0.05) is 18.2 Å². The van der Waals surface area contributed by atoms with Gasteiger partial charge in [-0.25, -0.2) is 4.98 Å². The van der Waals surface area contributed by atoms with E-state index in [0.29, 0.717) is 22.3 Å². The van der Waals surface area contributed by atoms with Crippen LogP contribution >= 0.6 is 0 Å². The third-order valence-corrected chi connectivity index (χ3v) is 3.20. The lowest BCUT2D eigenvalue weighted by molar-refractivity contribution is 0.100. The zero-order valence-corrected chi connectivity index (χ0v) is 11.4. The number of amides is 1. The van der Waals surface area contributed by atoms with Crippen molar-refractivity contribution in [2.75, 3.05) is 7.11 Å². The first-order valence-corrected chi connectivity index (χ1v) is 6.39. The fraction of sp³-hybridized carbons (Fsp3) is 0.0625. The van der Waals surface area contributed by atoms with Crippen LogP contribution < -0.4 is 10.5 Å². The third-order valence-electron chi connectivity index (χ3n) is 3.20. The molecule has 0 atom stereocenters. The van der Waals surface area contributed by atoms with Gasteiger partial charge in [-0.05, 0) is 24.3 Å². The number of hydrogen-bond acceptors (Lipinski definition) is 4. The number of primary amides is 1. The van der Waals surface area contributed by atoms with E-state index in [1.165, 1.54) is 0 Å². The van der Waals surface area contributed by atoms with E-state index in [1.54, 1.807) is 31.5 Å². The summed E-state index contributed by atoms with van der Waals surface area (Å²) in [6, 6.07) is 12.7. The second kappa shape index (κ2) is 5.20. The number of nitrogens with two attached hydrogens (primary N) is 1. The van der Waals surface area contributed by atoms with Crippen molar-refractivity contribution in [1.82, 2.24) is 9.97 Å². The average Bonchev–Trinajstić information content (AvgIpc) is 2.53. The summed E-state index contributed by atoms with van der Waals surface area (Å²) in [6.45, 7) is 0. The van der Waals surface area contributed by atoms with E-state index in [4.69, 9.17) is 10.5 Å². The predicted molar refractivity (Wildman–Crippen MR) is 80.0 cm³/mol. The molecule has 1 heterocycles. The normalized spacial score (nSPS) is 10.5. The molecule has 1 aromatic heterocycles. The van der Waals surface area contributed by atoms with Crippen molar-refractivity contribution < 1.29 is 9.53 Å². The summed E-state index contributed by atoms with van der Waals surface area (Å²) in [6.07, 6.45) is 1.67. The van der Waals surface area contributed by atoms with Crippen LogP contribution in [0.5, 0.6) is 5.75 Å². The molecule has 0 aliphatic carbocycles. The molecule has 0 fully saturated rings. The number of nitrogens with zero attached hydrogens (tertiary/aromatic N) is 2. The molecule has 5 nitrogen and oxygen atoms in total. The quantitative estimate of drug-likeness (QED) is 0.798. The number of aromatic nitrogens is 2. The molecule has 0 aliphatic heterocycles. The first-order valence-electron chi connectivity index (χ1n) is 6.39. The predicted octanol–water partition coefficient (Wildman–Crippen LogP) is 2.40. The van der Waals surface area contributed by atoms with Gasteiger partial charge in [0.1, 0.15) is 11.3 Å². The van der Waals surface area contributed by atoms with Crippen LogP contribution in [-0.2, 0) is 0 Å². The highest BCUT2D eigenvalue weighted by Gasteiger charge is 2.10. The van der Waals surface area contributed by atoms with Gasteiger partial charge < -0.3 is 10.5 Å². The Morgan fingerprint density at radius 1 is 1.19 bits per heavy atom. The van der Waals surface area contributed by atoms with Crippen molar-refractivity contribution in [2.24, 2.45) is 5.73 Å². The van der Waals surface area contributed by atoms with Crippen LogP contribution in [0.15, 0.2) is 48.7 Å². The maximum atomic E-state index is 11.5. The first kappa shape index (κ1) is 13.1. The van der Waals surface area contributed by atoms with Gasteiger partial charge in [-0.2, -0.15) is 0 Å². The molecule has 0 bridgehead atoms. The lowest BCUT2D eigenvalue weighted by Crippen LogP contribution is -2.12. The molecule has 21 heavy (non-hydrogen) atoms. The fourth-order valence-corrected chi connectivity index (χ4v) is 2.15. The van der Waals surface area contributed by atoms with E-state index in [9.17, 15) is 4.79 Å². The molecule has 0 radical (unpaired) electrons. The molecule has 0 saturated heterocycles. The van der Waals surface area contributed by atoms with Crippen LogP contribution in [0.2, 0.25) is 0 Å². The van der Waals surface area contributed by atoms with Crippen molar-refractivity contribution >= 4 is 16.9 Å². The van der Waals surface area contributed by atoms with E-state index in [2.05, 4.69) is 9.97 Å². The summed E-state index contributed by atoms with van der Waals surface area (Å²) >= 11 is 0. The first-order chi connectivity index (χ1) is 10.2. The van der Waals surface area contributed by atoms with Crippen LogP contribution in [-0.4, -0.2) is 23.0 Å². The van der Waals surface area contributed by atoms with Crippen LogP contribution in [0.3, 0.4) is 0 Å². The van der Waals surface area contributed by atoms with E-state index < -0.39 is 5.91 Å². The van der Waals surface area contributed by atoms with E-state index in [-0.39, 0.29) is 0 Å². The number of ether oxygens (including phenoxy) is 1. The fourth-order valence-electron chi connectivity index (χ4n) is 2.15. The monoisotopic (exact) mass is 279 g/mol. The number of methoxy groups -OCH3 is 1. The van der Waals surface area contributed by atoms with Crippen molar-refractivity contribution in [2.45, 2.75) is 0 Å². The Balaban J connectivity index is 2.20. The smallest absolute Gasteiger partial charge is 0.250 e. The van der Waals surface area contributed by atoms with Crippen molar-refractivity contribution in [1.29, 1.82) is 0 Å². The van der Waals surface area contributed by atoms with Gasteiger partial charge >= 0.3 is 0 Å². The Hall–Kier alpha value is -2.95. The van der Waals surface area contributed by atoms with E-state index in [1.807, 2.05) is 24.3 Å². The molecule has 1 amide bonds. The molecule has 0 aliphatic rings. The Morgan fingerprint density at radius 2 is 2.00 bits per heavy atom. The highest BCUT2D eigenvalue weighted by molar-refractivity contribution is 6.04. The molecule has 3 aromatic rings. The van der Waals surface area contributed by atoms with Crippen molar-refractivity contribution in [3.63, 3.8) is 0 Å². The summed E-state index contributed by atoms with van der Waals surface area (Å²) in [4.78, 5) is 20.4. The maximum absolute atomic E-state index is 11.5. The zero-order valence-electron chi connectivity index (χ0n) is 11.4. The molecular weight excluding hydrogens is 266 g/mol. The summed E-state index contributed by atoms with van der Waals surface area (Å²) in [5.74, 6) is 0.218. The second-order valence-electron chi connectivity index (χ2n) is 4.52. The summed E-state index contributed by atoms with van der Waals surface area (Å²) in [5.41, 5.74) is 8.42. The van der Waals surface area contributed by atoms with Gasteiger partial charge in [0.15, 0.2) is 0 Å². The van der Waals surface area contributed by atoms with Gasteiger partial charge in [-0.3, -0.25) is 9.78 Å². The third kappa shape index (κ3) is 2.41. The van der Waals surface area contributed by atoms with E-state index >= 15 is 0 Å². The van der Waals surface area contributed by atoms with Crippen LogP contribution in [0, 0.1) is 0 Å². The van der Waals surface area contributed by atoms with Crippen molar-refractivity contribution in [3.8, 4) is 17.0 Å². The number of carbonyl (C=O) groups is 1. The molecule has 2 N–H and O–H groups in total. The number of rotatable bonds is 3. The second-order valence-corrected chi connectivity index (χ2v) is 4.52. The minimum Gasteiger partial charge on any atom is -0.497 e. The minimum absolute atomic E-state index is 0.366. The highest BCUT2D eigenvalue weighted by atomic mass is 16.5.